The average Bonchev–Trinajstić information content (AvgIpc) is 2.42. The van der Waals surface area contributed by atoms with E-state index in [9.17, 15) is 22.4 Å². The Labute approximate surface area is 111 Å². The Balaban J connectivity index is 3.02. The molecule has 1 N–H and O–H groups in total. The van der Waals surface area contributed by atoms with E-state index in [0.29, 0.717) is 6.08 Å². The van der Waals surface area contributed by atoms with Gasteiger partial charge in [0.25, 0.3) is 0 Å². The summed E-state index contributed by atoms with van der Waals surface area (Å²) in [4.78, 5) is 11.1. The summed E-state index contributed by atoms with van der Waals surface area (Å²) in [7, 11) is 0. The minimum absolute atomic E-state index is 0.210. The van der Waals surface area contributed by atoms with Gasteiger partial charge in [0.15, 0.2) is 11.6 Å². The minimum Gasteiger partial charge on any atom is -0.418 e. The maximum atomic E-state index is 13.5. The summed E-state index contributed by atoms with van der Waals surface area (Å²) >= 11 is 0. The Morgan fingerprint density at radius 1 is 1.15 bits per heavy atom. The molecule has 0 bridgehead atoms. The summed E-state index contributed by atoms with van der Waals surface area (Å²) in [6.07, 6.45) is 0.590. The molecule has 0 aromatic heterocycles. The van der Waals surface area contributed by atoms with Crippen LogP contribution in [0, 0.1) is 23.3 Å². The Morgan fingerprint density at radius 2 is 1.70 bits per heavy atom. The van der Waals surface area contributed by atoms with Crippen molar-refractivity contribution in [2.24, 2.45) is 0 Å². The number of benzene rings is 1. The van der Waals surface area contributed by atoms with Crippen LogP contribution in [0.15, 0.2) is 6.58 Å². The first-order valence-electron chi connectivity index (χ1n) is 5.31. The number of hydrogen-bond acceptors (Lipinski definition) is 4. The van der Waals surface area contributed by atoms with Crippen molar-refractivity contribution in [1.82, 2.24) is 0 Å². The van der Waals surface area contributed by atoms with Gasteiger partial charge in [0, 0.05) is 0 Å². The van der Waals surface area contributed by atoms with Crippen LogP contribution >= 0.6 is 0 Å². The smallest absolute Gasteiger partial charge is 0.337 e. The van der Waals surface area contributed by atoms with Gasteiger partial charge in [-0.1, -0.05) is 12.7 Å². The lowest BCUT2D eigenvalue weighted by molar-refractivity contribution is -0.140. The van der Waals surface area contributed by atoms with Crippen LogP contribution in [0.5, 0.6) is 5.75 Å². The molecule has 0 aliphatic rings. The largest absolute Gasteiger partial charge is 0.418 e. The topological polar surface area (TPSA) is 55.8 Å². The first-order valence-corrected chi connectivity index (χ1v) is 5.31. The molecule has 0 fully saturated rings. The van der Waals surface area contributed by atoms with Crippen LogP contribution in [-0.2, 0) is 9.53 Å². The molecular formula is C12H10F4O4. The van der Waals surface area contributed by atoms with Crippen LogP contribution in [0.4, 0.5) is 17.6 Å². The number of esters is 1. The van der Waals surface area contributed by atoms with Crippen molar-refractivity contribution < 1.29 is 36.9 Å². The highest BCUT2D eigenvalue weighted by Gasteiger charge is 2.26. The van der Waals surface area contributed by atoms with Gasteiger partial charge in [0.05, 0.1) is 18.8 Å². The van der Waals surface area contributed by atoms with Gasteiger partial charge in [-0.15, -0.1) is 0 Å². The fourth-order valence-corrected chi connectivity index (χ4v) is 1.26. The second-order valence-electron chi connectivity index (χ2n) is 3.45. The molecule has 0 saturated heterocycles. The van der Waals surface area contributed by atoms with Crippen molar-refractivity contribution >= 4 is 12.0 Å². The summed E-state index contributed by atoms with van der Waals surface area (Å²) in [5, 5.41) is 8.38. The summed E-state index contributed by atoms with van der Waals surface area (Å²) in [6.45, 7) is 1.67. The highest BCUT2D eigenvalue weighted by atomic mass is 19.2. The Bertz CT molecular complexity index is 502. The molecule has 8 heteroatoms. The molecule has 1 aromatic carbocycles. The number of ether oxygens (including phenoxy) is 2. The van der Waals surface area contributed by atoms with Crippen LogP contribution in [0.2, 0.25) is 0 Å². The molecular weight excluding hydrogens is 284 g/mol. The highest BCUT2D eigenvalue weighted by molar-refractivity contribution is 5.74. The molecule has 0 aliphatic carbocycles. The normalized spacial score (nSPS) is 10.4. The van der Waals surface area contributed by atoms with Gasteiger partial charge in [-0.05, 0) is 0 Å². The third kappa shape index (κ3) is 3.34. The van der Waals surface area contributed by atoms with Gasteiger partial charge in [-0.25, -0.2) is 13.6 Å². The fourth-order valence-electron chi connectivity index (χ4n) is 1.26. The Morgan fingerprint density at radius 3 is 2.15 bits per heavy atom. The van der Waals surface area contributed by atoms with E-state index in [4.69, 9.17) is 5.11 Å². The predicted molar refractivity (Wildman–Crippen MR) is 59.9 cm³/mol. The number of carbonyl (C=O) groups is 1. The van der Waals surface area contributed by atoms with Crippen molar-refractivity contribution in [3.05, 3.63) is 35.4 Å². The van der Waals surface area contributed by atoms with E-state index in [2.05, 4.69) is 16.1 Å². The lowest BCUT2D eigenvalue weighted by Gasteiger charge is -2.10. The van der Waals surface area contributed by atoms with Gasteiger partial charge < -0.3 is 14.6 Å². The van der Waals surface area contributed by atoms with Gasteiger partial charge in [0.2, 0.25) is 17.4 Å². The zero-order chi connectivity index (χ0) is 15.3. The monoisotopic (exact) mass is 294 g/mol. The summed E-state index contributed by atoms with van der Waals surface area (Å²) < 4.78 is 62.3. The van der Waals surface area contributed by atoms with E-state index in [1.165, 1.54) is 0 Å². The van der Waals surface area contributed by atoms with Gasteiger partial charge in [-0.3, -0.25) is 0 Å². The molecule has 0 amide bonds. The molecule has 0 radical (unpaired) electrons. The zero-order valence-electron chi connectivity index (χ0n) is 10.1. The van der Waals surface area contributed by atoms with Crippen LogP contribution in [-0.4, -0.2) is 30.9 Å². The summed E-state index contributed by atoms with van der Waals surface area (Å²) in [5.74, 6) is -9.93. The first kappa shape index (κ1) is 16.1. The van der Waals surface area contributed by atoms with Crippen molar-refractivity contribution in [2.75, 3.05) is 19.8 Å². The van der Waals surface area contributed by atoms with Crippen LogP contribution in [0.1, 0.15) is 5.56 Å². The number of aliphatic hydroxyl groups is 1. The molecule has 4 nitrogen and oxygen atoms in total. The lowest BCUT2D eigenvalue weighted by Crippen LogP contribution is -2.19. The third-order valence-corrected chi connectivity index (χ3v) is 2.13. The van der Waals surface area contributed by atoms with E-state index in [1.807, 2.05) is 0 Å². The van der Waals surface area contributed by atoms with Crippen molar-refractivity contribution in [3.8, 4) is 5.75 Å². The molecule has 0 spiro atoms. The van der Waals surface area contributed by atoms with Crippen molar-refractivity contribution in [2.45, 2.75) is 0 Å². The van der Waals surface area contributed by atoms with E-state index >= 15 is 0 Å². The SMILES string of the molecule is C=Cc1c(F)c(F)c(OC(=O)COCCO)c(F)c1F. The Kier molecular flexibility index (Phi) is 5.66. The number of carbonyl (C=O) groups excluding carboxylic acids is 1. The van der Waals surface area contributed by atoms with Crippen molar-refractivity contribution in [1.29, 1.82) is 0 Å². The summed E-state index contributed by atoms with van der Waals surface area (Å²) in [5.41, 5.74) is -1.00. The predicted octanol–water partition coefficient (Wildman–Crippen LogP) is 1.80. The standard InChI is InChI=1S/C12H10F4O4/c1-2-6-8(13)10(15)12(11(16)9(6)14)20-7(18)5-19-4-3-17/h2,17H,1,3-5H2. The maximum absolute atomic E-state index is 13.5. The molecule has 20 heavy (non-hydrogen) atoms. The molecule has 110 valence electrons. The zero-order valence-corrected chi connectivity index (χ0v) is 10.1. The van der Waals surface area contributed by atoms with Gasteiger partial charge in [0.1, 0.15) is 6.61 Å². The molecule has 1 rings (SSSR count). The van der Waals surface area contributed by atoms with Crippen molar-refractivity contribution in [3.63, 3.8) is 0 Å². The number of hydrogen-bond donors (Lipinski definition) is 1. The molecule has 0 saturated carbocycles. The lowest BCUT2D eigenvalue weighted by atomic mass is 10.1. The van der Waals surface area contributed by atoms with E-state index < -0.39 is 47.2 Å². The summed E-state index contributed by atoms with van der Waals surface area (Å²) in [6, 6.07) is 0. The van der Waals surface area contributed by atoms with E-state index in [1.54, 1.807) is 0 Å². The Hall–Kier alpha value is -1.93. The van der Waals surface area contributed by atoms with Gasteiger partial charge in [-0.2, -0.15) is 8.78 Å². The molecule has 0 heterocycles. The number of rotatable bonds is 6. The van der Waals surface area contributed by atoms with E-state index in [0.717, 1.165) is 0 Å². The maximum Gasteiger partial charge on any atom is 0.337 e. The first-order chi connectivity index (χ1) is 9.43. The molecule has 0 unspecified atom stereocenters. The van der Waals surface area contributed by atoms with Crippen LogP contribution < -0.4 is 4.74 Å². The fraction of sp³-hybridized carbons (Fsp3) is 0.250. The number of aliphatic hydroxyl groups excluding tert-OH is 1. The van der Waals surface area contributed by atoms with Crippen LogP contribution in [0.3, 0.4) is 0 Å². The quantitative estimate of drug-likeness (QED) is 0.286. The molecule has 0 atom stereocenters. The average molecular weight is 294 g/mol. The van der Waals surface area contributed by atoms with E-state index in [-0.39, 0.29) is 13.2 Å². The molecule has 1 aromatic rings. The third-order valence-electron chi connectivity index (χ3n) is 2.13. The number of halogens is 4. The van der Waals surface area contributed by atoms with Crippen LogP contribution in [0.25, 0.3) is 6.08 Å². The molecule has 0 aliphatic heterocycles. The highest BCUT2D eigenvalue weighted by Crippen LogP contribution is 2.30. The minimum atomic E-state index is -1.85. The second-order valence-corrected chi connectivity index (χ2v) is 3.45. The second kappa shape index (κ2) is 7.01. The van der Waals surface area contributed by atoms with Gasteiger partial charge >= 0.3 is 5.97 Å².